The van der Waals surface area contributed by atoms with Gasteiger partial charge in [-0.05, 0) is 29.7 Å². The van der Waals surface area contributed by atoms with Gasteiger partial charge in [0, 0.05) is 35.2 Å². The Labute approximate surface area is 152 Å². The maximum absolute atomic E-state index is 10.2. The van der Waals surface area contributed by atoms with E-state index in [9.17, 15) is 5.11 Å². The lowest BCUT2D eigenvalue weighted by atomic mass is 10.00. The number of aliphatic hydroxyl groups excluding tert-OH is 1. The zero-order valence-electron chi connectivity index (χ0n) is 13.4. The van der Waals surface area contributed by atoms with Gasteiger partial charge >= 0.3 is 0 Å². The molecule has 1 N–H and O–H groups in total. The summed E-state index contributed by atoms with van der Waals surface area (Å²) in [5, 5.41) is 11.4. The molecule has 0 fully saturated rings. The fourth-order valence-corrected chi connectivity index (χ4v) is 3.53. The lowest BCUT2D eigenvalue weighted by Crippen LogP contribution is -2.38. The van der Waals surface area contributed by atoms with Crippen molar-refractivity contribution in [3.63, 3.8) is 0 Å². The number of aliphatic hydroxyl groups is 1. The molecule has 2 aromatic rings. The second-order valence-electron chi connectivity index (χ2n) is 6.12. The molecule has 0 bridgehead atoms. The molecule has 0 aliphatic carbocycles. The highest BCUT2D eigenvalue weighted by Crippen LogP contribution is 2.25. The Morgan fingerprint density at radius 3 is 2.50 bits per heavy atom. The van der Waals surface area contributed by atoms with E-state index in [4.69, 9.17) is 27.9 Å². The lowest BCUT2D eigenvalue weighted by Gasteiger charge is -2.30. The van der Waals surface area contributed by atoms with E-state index in [2.05, 4.69) is 29.2 Å². The molecule has 0 saturated heterocycles. The standard InChI is InChI=1S/C19H21Cl2NO2/c20-18-6-3-7-19(21)17(18)13-24-12-16(23)11-22-9-8-14-4-1-2-5-15(14)10-22/h1-7,16,23H,8-13H2. The highest BCUT2D eigenvalue weighted by molar-refractivity contribution is 6.35. The molecule has 1 atom stereocenters. The van der Waals surface area contributed by atoms with Crippen molar-refractivity contribution in [1.82, 2.24) is 4.90 Å². The summed E-state index contributed by atoms with van der Waals surface area (Å²) in [6, 6.07) is 13.9. The van der Waals surface area contributed by atoms with Crippen LogP contribution < -0.4 is 0 Å². The van der Waals surface area contributed by atoms with Crippen LogP contribution in [0.15, 0.2) is 42.5 Å². The molecule has 128 valence electrons. The van der Waals surface area contributed by atoms with Gasteiger partial charge in [-0.3, -0.25) is 4.90 Å². The van der Waals surface area contributed by atoms with Gasteiger partial charge < -0.3 is 9.84 Å². The summed E-state index contributed by atoms with van der Waals surface area (Å²) < 4.78 is 5.61. The van der Waals surface area contributed by atoms with Gasteiger partial charge in [-0.25, -0.2) is 0 Å². The lowest BCUT2D eigenvalue weighted by molar-refractivity contribution is 0.00778. The van der Waals surface area contributed by atoms with E-state index in [1.54, 1.807) is 18.2 Å². The predicted octanol–water partition coefficient (Wildman–Crippen LogP) is 3.93. The molecule has 1 heterocycles. The second-order valence-corrected chi connectivity index (χ2v) is 6.94. The minimum atomic E-state index is -0.531. The first-order valence-corrected chi connectivity index (χ1v) is 8.87. The molecule has 3 rings (SSSR count). The van der Waals surface area contributed by atoms with E-state index in [-0.39, 0.29) is 6.61 Å². The maximum Gasteiger partial charge on any atom is 0.0900 e. The van der Waals surface area contributed by atoms with Crippen molar-refractivity contribution < 1.29 is 9.84 Å². The minimum Gasteiger partial charge on any atom is -0.389 e. The van der Waals surface area contributed by atoms with Gasteiger partial charge in [0.05, 0.1) is 19.3 Å². The van der Waals surface area contributed by atoms with Crippen LogP contribution in [0.1, 0.15) is 16.7 Å². The van der Waals surface area contributed by atoms with E-state index < -0.39 is 6.10 Å². The van der Waals surface area contributed by atoms with Gasteiger partial charge in [-0.2, -0.15) is 0 Å². The van der Waals surface area contributed by atoms with Crippen molar-refractivity contribution in [3.8, 4) is 0 Å². The summed E-state index contributed by atoms with van der Waals surface area (Å²) in [6.45, 7) is 3.01. The largest absolute Gasteiger partial charge is 0.389 e. The van der Waals surface area contributed by atoms with Crippen LogP contribution in [0.25, 0.3) is 0 Å². The highest BCUT2D eigenvalue weighted by Gasteiger charge is 2.18. The van der Waals surface area contributed by atoms with E-state index in [1.165, 1.54) is 11.1 Å². The molecule has 1 unspecified atom stereocenters. The number of nitrogens with zero attached hydrogens (tertiary/aromatic N) is 1. The average molecular weight is 366 g/mol. The summed E-state index contributed by atoms with van der Waals surface area (Å²) in [4.78, 5) is 2.26. The van der Waals surface area contributed by atoms with Crippen molar-refractivity contribution in [2.24, 2.45) is 0 Å². The van der Waals surface area contributed by atoms with Crippen LogP contribution in [-0.2, 0) is 24.3 Å². The summed E-state index contributed by atoms with van der Waals surface area (Å²) in [7, 11) is 0. The monoisotopic (exact) mass is 365 g/mol. The maximum atomic E-state index is 10.2. The average Bonchev–Trinajstić information content (AvgIpc) is 2.57. The molecular weight excluding hydrogens is 345 g/mol. The Morgan fingerprint density at radius 1 is 1.04 bits per heavy atom. The van der Waals surface area contributed by atoms with E-state index >= 15 is 0 Å². The predicted molar refractivity (Wildman–Crippen MR) is 97.5 cm³/mol. The molecule has 0 saturated carbocycles. The Kier molecular flexibility index (Phi) is 6.14. The number of fused-ring (bicyclic) bond motifs is 1. The van der Waals surface area contributed by atoms with Crippen LogP contribution in [0.5, 0.6) is 0 Å². The van der Waals surface area contributed by atoms with Gasteiger partial charge in [0.1, 0.15) is 0 Å². The first kappa shape index (κ1) is 17.7. The van der Waals surface area contributed by atoms with Crippen molar-refractivity contribution in [1.29, 1.82) is 0 Å². The third-order valence-corrected chi connectivity index (χ3v) is 5.01. The topological polar surface area (TPSA) is 32.7 Å². The number of benzene rings is 2. The Hall–Kier alpha value is -1.10. The van der Waals surface area contributed by atoms with E-state index in [0.29, 0.717) is 23.2 Å². The number of β-amino-alcohol motifs (C(OH)–C–C–N with tert-alkyl or cyclic N) is 1. The normalized spacial score (nSPS) is 16.0. The van der Waals surface area contributed by atoms with Gasteiger partial charge in [0.2, 0.25) is 0 Å². The van der Waals surface area contributed by atoms with Crippen molar-refractivity contribution in [2.75, 3.05) is 19.7 Å². The number of rotatable bonds is 6. The van der Waals surface area contributed by atoms with Crippen LogP contribution in [0.3, 0.4) is 0 Å². The minimum absolute atomic E-state index is 0.264. The fraction of sp³-hybridized carbons (Fsp3) is 0.368. The Balaban J connectivity index is 1.46. The third-order valence-electron chi connectivity index (χ3n) is 4.30. The molecule has 2 aromatic carbocycles. The highest BCUT2D eigenvalue weighted by atomic mass is 35.5. The Bertz CT molecular complexity index is 673. The molecule has 0 radical (unpaired) electrons. The zero-order valence-corrected chi connectivity index (χ0v) is 14.9. The van der Waals surface area contributed by atoms with Crippen LogP contribution >= 0.6 is 23.2 Å². The van der Waals surface area contributed by atoms with Gasteiger partial charge in [-0.1, -0.05) is 53.5 Å². The number of ether oxygens (including phenoxy) is 1. The van der Waals surface area contributed by atoms with Crippen molar-refractivity contribution in [3.05, 3.63) is 69.2 Å². The van der Waals surface area contributed by atoms with Crippen LogP contribution in [0.2, 0.25) is 10.0 Å². The number of hydrogen-bond acceptors (Lipinski definition) is 3. The van der Waals surface area contributed by atoms with Gasteiger partial charge in [0.25, 0.3) is 0 Å². The zero-order chi connectivity index (χ0) is 16.9. The molecule has 24 heavy (non-hydrogen) atoms. The molecule has 1 aliphatic rings. The molecule has 0 amide bonds. The summed E-state index contributed by atoms with van der Waals surface area (Å²) in [6.07, 6.45) is 0.496. The van der Waals surface area contributed by atoms with Gasteiger partial charge in [0.15, 0.2) is 0 Å². The van der Waals surface area contributed by atoms with Crippen LogP contribution in [0, 0.1) is 0 Å². The van der Waals surface area contributed by atoms with Crippen LogP contribution in [0.4, 0.5) is 0 Å². The van der Waals surface area contributed by atoms with Crippen molar-refractivity contribution in [2.45, 2.75) is 25.7 Å². The molecule has 0 aromatic heterocycles. The quantitative estimate of drug-likeness (QED) is 0.841. The van der Waals surface area contributed by atoms with Crippen LogP contribution in [-0.4, -0.2) is 35.8 Å². The SMILES string of the molecule is OC(COCc1c(Cl)cccc1Cl)CN1CCc2ccccc2C1. The molecular formula is C19H21Cl2NO2. The van der Waals surface area contributed by atoms with Crippen molar-refractivity contribution >= 4 is 23.2 Å². The third kappa shape index (κ3) is 4.50. The molecule has 5 heteroatoms. The summed E-state index contributed by atoms with van der Waals surface area (Å²) >= 11 is 12.2. The molecule has 0 spiro atoms. The van der Waals surface area contributed by atoms with E-state index in [1.807, 2.05) is 0 Å². The number of hydrogen-bond donors (Lipinski definition) is 1. The smallest absolute Gasteiger partial charge is 0.0900 e. The molecule has 1 aliphatic heterocycles. The number of halogens is 2. The summed E-state index contributed by atoms with van der Waals surface area (Å²) in [5.74, 6) is 0. The first-order valence-electron chi connectivity index (χ1n) is 8.11. The second kappa shape index (κ2) is 8.32. The Morgan fingerprint density at radius 2 is 1.75 bits per heavy atom. The molecule has 3 nitrogen and oxygen atoms in total. The van der Waals surface area contributed by atoms with E-state index in [0.717, 1.165) is 25.1 Å². The summed E-state index contributed by atoms with van der Waals surface area (Å²) in [5.41, 5.74) is 3.52. The fourth-order valence-electron chi connectivity index (χ4n) is 3.03. The first-order chi connectivity index (χ1) is 11.6. The van der Waals surface area contributed by atoms with Gasteiger partial charge in [-0.15, -0.1) is 0 Å².